The second-order valence-electron chi connectivity index (χ2n) is 3.23. The van der Waals surface area contributed by atoms with Crippen molar-refractivity contribution in [3.8, 4) is 0 Å². The molecule has 0 aliphatic rings. The van der Waals surface area contributed by atoms with Crippen LogP contribution in [0.1, 0.15) is 17.2 Å². The second-order valence-corrected chi connectivity index (χ2v) is 3.74. The fourth-order valence-electron chi connectivity index (χ4n) is 1.28. The molecule has 7 heteroatoms. The van der Waals surface area contributed by atoms with Gasteiger partial charge in [0.05, 0.1) is 0 Å². The van der Waals surface area contributed by atoms with Crippen molar-refractivity contribution < 1.29 is 17.6 Å². The van der Waals surface area contributed by atoms with Gasteiger partial charge in [-0.1, -0.05) is 6.07 Å². The highest BCUT2D eigenvalue weighted by Crippen LogP contribution is 2.37. The normalized spacial score (nSPS) is 13.9. The van der Waals surface area contributed by atoms with Crippen LogP contribution < -0.4 is 11.3 Å². The molecular formula is C9H9ClF4N2. The molecule has 0 fully saturated rings. The quantitative estimate of drug-likeness (QED) is 0.378. The third-order valence-electron chi connectivity index (χ3n) is 2.10. The number of nitrogens with two attached hydrogens (primary N) is 1. The first kappa shape index (κ1) is 13.2. The molecule has 0 aliphatic carbocycles. The van der Waals surface area contributed by atoms with E-state index in [0.29, 0.717) is 0 Å². The Morgan fingerprint density at radius 1 is 1.38 bits per heavy atom. The van der Waals surface area contributed by atoms with Gasteiger partial charge in [-0.2, -0.15) is 8.78 Å². The summed E-state index contributed by atoms with van der Waals surface area (Å²) in [7, 11) is 0. The van der Waals surface area contributed by atoms with Crippen molar-refractivity contribution in [2.24, 2.45) is 5.84 Å². The van der Waals surface area contributed by atoms with E-state index in [9.17, 15) is 17.6 Å². The molecule has 1 rings (SSSR count). The van der Waals surface area contributed by atoms with E-state index in [0.717, 1.165) is 12.1 Å². The van der Waals surface area contributed by atoms with Gasteiger partial charge in [0.1, 0.15) is 17.7 Å². The first-order valence-electron chi connectivity index (χ1n) is 4.26. The molecule has 3 N–H and O–H groups in total. The smallest absolute Gasteiger partial charge is 0.271 e. The van der Waals surface area contributed by atoms with Crippen molar-refractivity contribution >= 4 is 11.6 Å². The number of hydrazine groups is 1. The zero-order chi connectivity index (χ0) is 12.5. The van der Waals surface area contributed by atoms with Gasteiger partial charge >= 0.3 is 5.38 Å². The number of hydrogen-bond donors (Lipinski definition) is 2. The lowest BCUT2D eigenvalue weighted by Gasteiger charge is -2.22. The van der Waals surface area contributed by atoms with Crippen LogP contribution in [0.2, 0.25) is 0 Å². The van der Waals surface area contributed by atoms with Gasteiger partial charge in [0.25, 0.3) is 0 Å². The molecule has 90 valence electrons. The zero-order valence-electron chi connectivity index (χ0n) is 8.20. The Kier molecular flexibility index (Phi) is 3.77. The van der Waals surface area contributed by atoms with E-state index in [4.69, 9.17) is 17.4 Å². The van der Waals surface area contributed by atoms with Gasteiger partial charge in [0.2, 0.25) is 0 Å². The first-order chi connectivity index (χ1) is 7.29. The topological polar surface area (TPSA) is 38.0 Å². The molecule has 0 amide bonds. The first-order valence-corrected chi connectivity index (χ1v) is 4.64. The largest absolute Gasteiger partial charge is 0.342 e. The summed E-state index contributed by atoms with van der Waals surface area (Å²) in [5, 5.41) is -3.90. The highest BCUT2D eigenvalue weighted by Gasteiger charge is 2.41. The maximum absolute atomic E-state index is 13.5. The standard InChI is InChI=1S/C9H9ClF4N2/c1-4-2-3-5(11)6(7(4)12)8(16-15)9(10,13)14/h2-3,8,16H,15H2,1H3. The van der Waals surface area contributed by atoms with E-state index in [1.807, 2.05) is 0 Å². The number of rotatable bonds is 3. The van der Waals surface area contributed by atoms with Crippen LogP contribution in [0.15, 0.2) is 12.1 Å². The third kappa shape index (κ3) is 2.45. The summed E-state index contributed by atoms with van der Waals surface area (Å²) >= 11 is 4.72. The molecule has 1 aromatic rings. The van der Waals surface area contributed by atoms with E-state index in [1.54, 1.807) is 5.43 Å². The summed E-state index contributed by atoms with van der Waals surface area (Å²) in [6.07, 6.45) is 0. The molecule has 16 heavy (non-hydrogen) atoms. The van der Waals surface area contributed by atoms with Crippen molar-refractivity contribution in [3.05, 3.63) is 34.9 Å². The predicted molar refractivity (Wildman–Crippen MR) is 52.0 cm³/mol. The molecule has 0 saturated carbocycles. The minimum Gasteiger partial charge on any atom is -0.271 e. The van der Waals surface area contributed by atoms with Crippen LogP contribution in [0.5, 0.6) is 0 Å². The summed E-state index contributed by atoms with van der Waals surface area (Å²) in [4.78, 5) is 0. The number of benzene rings is 1. The van der Waals surface area contributed by atoms with Crippen molar-refractivity contribution in [2.45, 2.75) is 18.3 Å². The molecule has 0 spiro atoms. The van der Waals surface area contributed by atoms with Crippen LogP contribution in [0.4, 0.5) is 17.6 Å². The lowest BCUT2D eigenvalue weighted by Crippen LogP contribution is -2.39. The Morgan fingerprint density at radius 3 is 2.38 bits per heavy atom. The van der Waals surface area contributed by atoms with Gasteiger partial charge < -0.3 is 0 Å². The van der Waals surface area contributed by atoms with E-state index < -0.39 is 28.6 Å². The Bertz CT molecular complexity index is 392. The molecule has 0 heterocycles. The summed E-state index contributed by atoms with van der Waals surface area (Å²) < 4.78 is 52.5. The average Bonchev–Trinajstić information content (AvgIpc) is 2.16. The molecular weight excluding hydrogens is 248 g/mol. The van der Waals surface area contributed by atoms with Gasteiger partial charge in [-0.25, -0.2) is 14.2 Å². The molecule has 0 aromatic heterocycles. The highest BCUT2D eigenvalue weighted by atomic mass is 35.5. The van der Waals surface area contributed by atoms with E-state index in [-0.39, 0.29) is 5.56 Å². The monoisotopic (exact) mass is 256 g/mol. The van der Waals surface area contributed by atoms with E-state index >= 15 is 0 Å². The van der Waals surface area contributed by atoms with Gasteiger partial charge in [-0.15, -0.1) is 0 Å². The Morgan fingerprint density at radius 2 is 1.94 bits per heavy atom. The van der Waals surface area contributed by atoms with Gasteiger partial charge in [0.15, 0.2) is 0 Å². The van der Waals surface area contributed by atoms with Crippen molar-refractivity contribution in [2.75, 3.05) is 0 Å². The van der Waals surface area contributed by atoms with Crippen molar-refractivity contribution in [3.63, 3.8) is 0 Å². The van der Waals surface area contributed by atoms with Crippen molar-refractivity contribution in [1.29, 1.82) is 0 Å². The van der Waals surface area contributed by atoms with Gasteiger partial charge in [0, 0.05) is 5.56 Å². The molecule has 1 aromatic carbocycles. The number of hydrogen-bond acceptors (Lipinski definition) is 2. The lowest BCUT2D eigenvalue weighted by atomic mass is 10.0. The number of halogens is 5. The van der Waals surface area contributed by atoms with E-state index in [2.05, 4.69) is 0 Å². The Labute approximate surface area is 94.4 Å². The molecule has 2 nitrogen and oxygen atoms in total. The molecule has 1 atom stereocenters. The van der Waals surface area contributed by atoms with Crippen LogP contribution in [0, 0.1) is 18.6 Å². The molecule has 1 unspecified atom stereocenters. The summed E-state index contributed by atoms with van der Waals surface area (Å²) in [5.41, 5.74) is 0.758. The average molecular weight is 257 g/mol. The predicted octanol–water partition coefficient (Wildman–Crippen LogP) is 2.61. The van der Waals surface area contributed by atoms with Crippen LogP contribution >= 0.6 is 11.6 Å². The van der Waals surface area contributed by atoms with Crippen LogP contribution in [0.3, 0.4) is 0 Å². The number of aryl methyl sites for hydroxylation is 1. The zero-order valence-corrected chi connectivity index (χ0v) is 8.96. The fourth-order valence-corrected chi connectivity index (χ4v) is 1.46. The Balaban J connectivity index is 3.36. The molecule has 0 radical (unpaired) electrons. The van der Waals surface area contributed by atoms with Gasteiger partial charge in [-0.05, 0) is 30.2 Å². The summed E-state index contributed by atoms with van der Waals surface area (Å²) in [6, 6.07) is -0.122. The van der Waals surface area contributed by atoms with Crippen LogP contribution in [-0.4, -0.2) is 5.38 Å². The highest BCUT2D eigenvalue weighted by molar-refractivity contribution is 6.22. The SMILES string of the molecule is Cc1ccc(F)c(C(NN)C(F)(F)Cl)c1F. The number of alkyl halides is 3. The maximum atomic E-state index is 13.5. The van der Waals surface area contributed by atoms with Crippen LogP contribution in [-0.2, 0) is 0 Å². The maximum Gasteiger partial charge on any atom is 0.342 e. The van der Waals surface area contributed by atoms with Crippen molar-refractivity contribution in [1.82, 2.24) is 5.43 Å². The van der Waals surface area contributed by atoms with E-state index in [1.165, 1.54) is 6.92 Å². The molecule has 0 saturated heterocycles. The fraction of sp³-hybridized carbons (Fsp3) is 0.333. The van der Waals surface area contributed by atoms with Crippen LogP contribution in [0.25, 0.3) is 0 Å². The molecule has 0 aliphatic heterocycles. The summed E-state index contributed by atoms with van der Waals surface area (Å²) in [6.45, 7) is 1.32. The Hall–Kier alpha value is -0.850. The third-order valence-corrected chi connectivity index (χ3v) is 2.32. The number of nitrogens with one attached hydrogen (secondary N) is 1. The molecule has 0 bridgehead atoms. The minimum absolute atomic E-state index is 0.0255. The minimum atomic E-state index is -3.90. The lowest BCUT2D eigenvalue weighted by molar-refractivity contribution is 0.0466. The van der Waals surface area contributed by atoms with Gasteiger partial charge in [-0.3, -0.25) is 5.84 Å². The second kappa shape index (κ2) is 4.57. The summed E-state index contributed by atoms with van der Waals surface area (Å²) in [5.74, 6) is 2.60.